The van der Waals surface area contributed by atoms with Crippen molar-refractivity contribution in [2.45, 2.75) is 44.4 Å². The average molecular weight is 340 g/mol. The Morgan fingerprint density at radius 1 is 1.17 bits per heavy atom. The number of carbonyl (C=O) groups is 1. The van der Waals surface area contributed by atoms with E-state index in [0.29, 0.717) is 6.61 Å². The molecule has 1 saturated carbocycles. The molecule has 1 aliphatic carbocycles. The first kappa shape index (κ1) is 17.9. The van der Waals surface area contributed by atoms with E-state index in [1.165, 1.54) is 12.1 Å². The van der Waals surface area contributed by atoms with Crippen LogP contribution in [-0.4, -0.2) is 27.6 Å². The zero-order chi connectivity index (χ0) is 16.9. The molecule has 2 unspecified atom stereocenters. The van der Waals surface area contributed by atoms with Crippen molar-refractivity contribution >= 4 is 16.1 Å². The lowest BCUT2D eigenvalue weighted by molar-refractivity contribution is -0.151. The first-order chi connectivity index (χ1) is 10.9. The molecule has 128 valence electrons. The van der Waals surface area contributed by atoms with Crippen molar-refractivity contribution in [2.24, 2.45) is 11.8 Å². The fraction of sp³-hybridized carbons (Fsp3) is 0.588. The molecule has 0 bridgehead atoms. The van der Waals surface area contributed by atoms with E-state index in [1.807, 2.05) is 6.92 Å². The van der Waals surface area contributed by atoms with E-state index in [4.69, 9.17) is 8.92 Å². The number of carbonyl (C=O) groups excluding carboxylic acids is 1. The lowest BCUT2D eigenvalue weighted by Crippen LogP contribution is -2.32. The summed E-state index contributed by atoms with van der Waals surface area (Å²) >= 11 is 0. The summed E-state index contributed by atoms with van der Waals surface area (Å²) in [5.41, 5.74) is 0.985. The molecule has 0 amide bonds. The minimum Gasteiger partial charge on any atom is -0.466 e. The topological polar surface area (TPSA) is 69.7 Å². The maximum absolute atomic E-state index is 12.2. The zero-order valence-electron chi connectivity index (χ0n) is 13.7. The van der Waals surface area contributed by atoms with Gasteiger partial charge in [0.15, 0.2) is 0 Å². The summed E-state index contributed by atoms with van der Waals surface area (Å²) in [5.74, 6) is -0.617. The highest BCUT2D eigenvalue weighted by Gasteiger charge is 2.33. The summed E-state index contributed by atoms with van der Waals surface area (Å²) < 4.78 is 34.8. The van der Waals surface area contributed by atoms with Gasteiger partial charge in [0.05, 0.1) is 24.0 Å². The minimum absolute atomic E-state index is 0.0275. The van der Waals surface area contributed by atoms with Gasteiger partial charge in [0.25, 0.3) is 10.1 Å². The summed E-state index contributed by atoms with van der Waals surface area (Å²) in [5, 5.41) is 0. The molecule has 0 N–H and O–H groups in total. The summed E-state index contributed by atoms with van der Waals surface area (Å²) in [6.07, 6.45) is 3.46. The van der Waals surface area contributed by atoms with Crippen LogP contribution in [0.15, 0.2) is 29.2 Å². The lowest BCUT2D eigenvalue weighted by Gasteiger charge is -2.29. The van der Waals surface area contributed by atoms with Crippen LogP contribution in [0.5, 0.6) is 0 Å². The molecular formula is C17H24O5S. The Morgan fingerprint density at radius 2 is 1.83 bits per heavy atom. The van der Waals surface area contributed by atoms with E-state index in [-0.39, 0.29) is 29.3 Å². The number of aryl methyl sites for hydroxylation is 1. The van der Waals surface area contributed by atoms with Gasteiger partial charge in [-0.15, -0.1) is 0 Å². The van der Waals surface area contributed by atoms with Crippen LogP contribution in [0.3, 0.4) is 0 Å². The largest absolute Gasteiger partial charge is 0.466 e. The average Bonchev–Trinajstić information content (AvgIpc) is 2.54. The standard InChI is InChI=1S/C17H24O5S/c1-3-21-17(18)16-7-5-4-6-14(16)12-22-23(19,20)15-10-8-13(2)9-11-15/h8-11,14,16H,3-7,12H2,1-2H3. The smallest absolute Gasteiger partial charge is 0.309 e. The van der Waals surface area contributed by atoms with Crippen LogP contribution < -0.4 is 0 Å². The van der Waals surface area contributed by atoms with Crippen molar-refractivity contribution in [2.75, 3.05) is 13.2 Å². The second kappa shape index (κ2) is 7.93. The second-order valence-corrected chi connectivity index (χ2v) is 7.57. The highest BCUT2D eigenvalue weighted by atomic mass is 32.2. The van der Waals surface area contributed by atoms with Gasteiger partial charge in [0.1, 0.15) is 0 Å². The van der Waals surface area contributed by atoms with Gasteiger partial charge >= 0.3 is 5.97 Å². The quantitative estimate of drug-likeness (QED) is 0.588. The van der Waals surface area contributed by atoms with Crippen molar-refractivity contribution in [3.8, 4) is 0 Å². The predicted octanol–water partition coefficient (Wildman–Crippen LogP) is 3.07. The molecule has 2 rings (SSSR count). The van der Waals surface area contributed by atoms with Crippen molar-refractivity contribution < 1.29 is 22.1 Å². The van der Waals surface area contributed by atoms with Crippen molar-refractivity contribution in [3.05, 3.63) is 29.8 Å². The third-order valence-electron chi connectivity index (χ3n) is 4.25. The summed E-state index contributed by atoms with van der Waals surface area (Å²) in [6, 6.07) is 6.54. The van der Waals surface area contributed by atoms with Crippen LogP contribution in [0, 0.1) is 18.8 Å². The van der Waals surface area contributed by atoms with Gasteiger partial charge in [-0.05, 0) is 44.7 Å². The minimum atomic E-state index is -3.79. The molecule has 0 heterocycles. The third kappa shape index (κ3) is 4.78. The maximum Gasteiger partial charge on any atom is 0.309 e. The molecule has 1 fully saturated rings. The maximum atomic E-state index is 12.2. The van der Waals surface area contributed by atoms with Crippen molar-refractivity contribution in [1.82, 2.24) is 0 Å². The SMILES string of the molecule is CCOC(=O)C1CCCCC1COS(=O)(=O)c1ccc(C)cc1. The van der Waals surface area contributed by atoms with E-state index in [9.17, 15) is 13.2 Å². The number of ether oxygens (including phenoxy) is 1. The van der Waals surface area contributed by atoms with Gasteiger partial charge < -0.3 is 4.74 Å². The van der Waals surface area contributed by atoms with Gasteiger partial charge in [-0.3, -0.25) is 8.98 Å². The van der Waals surface area contributed by atoms with E-state index in [1.54, 1.807) is 19.1 Å². The van der Waals surface area contributed by atoms with Gasteiger partial charge in [-0.25, -0.2) is 0 Å². The molecule has 0 spiro atoms. The number of esters is 1. The van der Waals surface area contributed by atoms with Crippen molar-refractivity contribution in [3.63, 3.8) is 0 Å². The van der Waals surface area contributed by atoms with Crippen LogP contribution in [0.2, 0.25) is 0 Å². The fourth-order valence-corrected chi connectivity index (χ4v) is 3.88. The number of hydrogen-bond acceptors (Lipinski definition) is 5. The number of rotatable bonds is 6. The van der Waals surface area contributed by atoms with Crippen LogP contribution in [-0.2, 0) is 23.8 Å². The first-order valence-electron chi connectivity index (χ1n) is 8.06. The Bertz CT molecular complexity index is 621. The molecule has 1 aliphatic rings. The highest BCUT2D eigenvalue weighted by Crippen LogP contribution is 2.32. The van der Waals surface area contributed by atoms with Crippen LogP contribution in [0.1, 0.15) is 38.2 Å². The molecule has 0 aromatic heterocycles. The molecule has 0 radical (unpaired) electrons. The van der Waals surface area contributed by atoms with Gasteiger partial charge in [0.2, 0.25) is 0 Å². The highest BCUT2D eigenvalue weighted by molar-refractivity contribution is 7.86. The molecule has 0 saturated heterocycles. The molecule has 1 aromatic rings. The normalized spacial score (nSPS) is 21.8. The van der Waals surface area contributed by atoms with E-state index >= 15 is 0 Å². The molecule has 6 heteroatoms. The summed E-state index contributed by atoms with van der Waals surface area (Å²) in [6.45, 7) is 4.03. The Hall–Kier alpha value is -1.40. The molecule has 2 atom stereocenters. The summed E-state index contributed by atoms with van der Waals surface area (Å²) in [7, 11) is -3.79. The summed E-state index contributed by atoms with van der Waals surface area (Å²) in [4.78, 5) is 12.2. The van der Waals surface area contributed by atoms with Gasteiger partial charge in [-0.1, -0.05) is 30.5 Å². The second-order valence-electron chi connectivity index (χ2n) is 5.95. The Morgan fingerprint density at radius 3 is 2.48 bits per heavy atom. The Balaban J connectivity index is 2.02. The number of benzene rings is 1. The molecule has 0 aliphatic heterocycles. The molecule has 5 nitrogen and oxygen atoms in total. The van der Waals surface area contributed by atoms with Crippen LogP contribution in [0.25, 0.3) is 0 Å². The molecule has 23 heavy (non-hydrogen) atoms. The van der Waals surface area contributed by atoms with Crippen LogP contribution in [0.4, 0.5) is 0 Å². The predicted molar refractivity (Wildman–Crippen MR) is 86.4 cm³/mol. The van der Waals surface area contributed by atoms with Gasteiger partial charge in [0, 0.05) is 0 Å². The van der Waals surface area contributed by atoms with Gasteiger partial charge in [-0.2, -0.15) is 8.42 Å². The Kier molecular flexibility index (Phi) is 6.18. The fourth-order valence-electron chi connectivity index (χ4n) is 2.92. The van der Waals surface area contributed by atoms with Crippen LogP contribution >= 0.6 is 0 Å². The third-order valence-corrected chi connectivity index (χ3v) is 5.54. The Labute approximate surface area is 138 Å². The zero-order valence-corrected chi connectivity index (χ0v) is 14.5. The van der Waals surface area contributed by atoms with E-state index in [2.05, 4.69) is 0 Å². The van der Waals surface area contributed by atoms with E-state index in [0.717, 1.165) is 31.2 Å². The monoisotopic (exact) mass is 340 g/mol. The number of hydrogen-bond donors (Lipinski definition) is 0. The first-order valence-corrected chi connectivity index (χ1v) is 9.47. The lowest BCUT2D eigenvalue weighted by atomic mass is 9.80. The molecular weight excluding hydrogens is 316 g/mol. The van der Waals surface area contributed by atoms with E-state index < -0.39 is 10.1 Å². The molecule has 1 aromatic carbocycles. The van der Waals surface area contributed by atoms with Crippen molar-refractivity contribution in [1.29, 1.82) is 0 Å².